The lowest BCUT2D eigenvalue weighted by Crippen LogP contribution is -2.12. The number of nitrogens with zero attached hydrogens (tertiary/aromatic N) is 3. The zero-order valence-electron chi connectivity index (χ0n) is 11.8. The first-order valence-electron chi connectivity index (χ1n) is 6.86. The van der Waals surface area contributed by atoms with Gasteiger partial charge in [0.25, 0.3) is 0 Å². The lowest BCUT2D eigenvalue weighted by molar-refractivity contribution is -0.135. The van der Waals surface area contributed by atoms with Crippen LogP contribution in [-0.2, 0) is 4.79 Å². The van der Waals surface area contributed by atoms with E-state index in [4.69, 9.17) is 4.74 Å². The van der Waals surface area contributed by atoms with Crippen LogP contribution in [0.15, 0.2) is 36.7 Å². The van der Waals surface area contributed by atoms with Crippen LogP contribution in [0.5, 0.6) is 5.75 Å². The second kappa shape index (κ2) is 6.84. The number of rotatable bonds is 6. The maximum Gasteiger partial charge on any atom is 0.311 e. The molecule has 0 fully saturated rings. The van der Waals surface area contributed by atoms with E-state index >= 15 is 0 Å². The average Bonchev–Trinajstić information content (AvgIpc) is 2.93. The van der Waals surface area contributed by atoms with Crippen LogP contribution in [0.1, 0.15) is 33.1 Å². The van der Waals surface area contributed by atoms with Crippen LogP contribution in [-0.4, -0.2) is 21.0 Å². The van der Waals surface area contributed by atoms with E-state index in [1.54, 1.807) is 29.2 Å². The van der Waals surface area contributed by atoms with Crippen molar-refractivity contribution in [1.29, 1.82) is 0 Å². The summed E-state index contributed by atoms with van der Waals surface area (Å²) < 4.78 is 6.97. The Morgan fingerprint density at radius 2 is 2.10 bits per heavy atom. The highest BCUT2D eigenvalue weighted by Crippen LogP contribution is 2.17. The van der Waals surface area contributed by atoms with Crippen molar-refractivity contribution >= 4 is 5.97 Å². The number of hydrogen-bond donors (Lipinski definition) is 0. The Bertz CT molecular complexity index is 535. The third-order valence-corrected chi connectivity index (χ3v) is 3.05. The molecule has 0 spiro atoms. The van der Waals surface area contributed by atoms with Crippen molar-refractivity contribution in [2.24, 2.45) is 5.92 Å². The van der Waals surface area contributed by atoms with E-state index in [2.05, 4.69) is 24.2 Å². The fourth-order valence-electron chi connectivity index (χ4n) is 2.07. The Labute approximate surface area is 118 Å². The smallest absolute Gasteiger partial charge is 0.311 e. The molecule has 0 unspecified atom stereocenters. The summed E-state index contributed by atoms with van der Waals surface area (Å²) >= 11 is 0. The molecule has 2 rings (SSSR count). The second-order valence-electron chi connectivity index (χ2n) is 4.91. The minimum Gasteiger partial charge on any atom is -0.427 e. The lowest BCUT2D eigenvalue weighted by Gasteiger charge is -2.09. The van der Waals surface area contributed by atoms with Crippen molar-refractivity contribution in [2.45, 2.75) is 33.1 Å². The standard InChI is InChI=1S/C15H19N3O2/c1-3-4-12(2)11-15(19)20-14-7-5-13(6-8-14)18-10-9-16-17-18/h5-10,12H,3-4,11H2,1-2H3/t12-/m1/s1. The van der Waals surface area contributed by atoms with Gasteiger partial charge in [-0.3, -0.25) is 4.79 Å². The first kappa shape index (κ1) is 14.2. The molecule has 0 saturated carbocycles. The van der Waals surface area contributed by atoms with Crippen molar-refractivity contribution in [2.75, 3.05) is 0 Å². The number of carbonyl (C=O) groups excluding carboxylic acids is 1. The van der Waals surface area contributed by atoms with Gasteiger partial charge in [0.05, 0.1) is 18.1 Å². The van der Waals surface area contributed by atoms with Gasteiger partial charge < -0.3 is 4.74 Å². The molecule has 0 saturated heterocycles. The lowest BCUT2D eigenvalue weighted by atomic mass is 10.0. The quantitative estimate of drug-likeness (QED) is 0.599. The van der Waals surface area contributed by atoms with Gasteiger partial charge in [0.15, 0.2) is 0 Å². The SMILES string of the molecule is CCC[C@@H](C)CC(=O)Oc1ccc(-n2ccnn2)cc1. The van der Waals surface area contributed by atoms with Gasteiger partial charge >= 0.3 is 5.97 Å². The molecule has 0 aliphatic rings. The second-order valence-corrected chi connectivity index (χ2v) is 4.91. The van der Waals surface area contributed by atoms with Gasteiger partial charge in [0.1, 0.15) is 5.75 Å². The molecule has 1 heterocycles. The molecule has 1 aromatic carbocycles. The zero-order valence-corrected chi connectivity index (χ0v) is 11.8. The molecule has 1 atom stereocenters. The van der Waals surface area contributed by atoms with E-state index in [1.807, 2.05) is 12.1 Å². The molecular weight excluding hydrogens is 254 g/mol. The van der Waals surface area contributed by atoms with Gasteiger partial charge in [-0.25, -0.2) is 4.68 Å². The maximum absolute atomic E-state index is 11.8. The highest BCUT2D eigenvalue weighted by Gasteiger charge is 2.10. The Kier molecular flexibility index (Phi) is 4.87. The van der Waals surface area contributed by atoms with Crippen LogP contribution in [0.4, 0.5) is 0 Å². The molecule has 106 valence electrons. The molecule has 20 heavy (non-hydrogen) atoms. The summed E-state index contributed by atoms with van der Waals surface area (Å²) in [5.41, 5.74) is 0.877. The van der Waals surface area contributed by atoms with Gasteiger partial charge in [-0.15, -0.1) is 5.10 Å². The summed E-state index contributed by atoms with van der Waals surface area (Å²) in [6.07, 6.45) is 5.95. The number of hydrogen-bond acceptors (Lipinski definition) is 4. The van der Waals surface area contributed by atoms with Crippen molar-refractivity contribution in [3.8, 4) is 11.4 Å². The van der Waals surface area contributed by atoms with Crippen LogP contribution in [0.3, 0.4) is 0 Å². The van der Waals surface area contributed by atoms with Crippen molar-refractivity contribution in [3.63, 3.8) is 0 Å². The van der Waals surface area contributed by atoms with Gasteiger partial charge in [0, 0.05) is 6.42 Å². The van der Waals surface area contributed by atoms with Gasteiger partial charge in [-0.2, -0.15) is 0 Å². The van der Waals surface area contributed by atoms with E-state index in [9.17, 15) is 4.79 Å². The minimum absolute atomic E-state index is 0.181. The molecule has 0 radical (unpaired) electrons. The first-order chi connectivity index (χ1) is 9.69. The minimum atomic E-state index is -0.181. The predicted octanol–water partition coefficient (Wildman–Crippen LogP) is 3.00. The molecule has 5 nitrogen and oxygen atoms in total. The fraction of sp³-hybridized carbons (Fsp3) is 0.400. The largest absolute Gasteiger partial charge is 0.427 e. The average molecular weight is 273 g/mol. The molecule has 1 aromatic heterocycles. The number of esters is 1. The third-order valence-electron chi connectivity index (χ3n) is 3.05. The van der Waals surface area contributed by atoms with Crippen LogP contribution in [0.2, 0.25) is 0 Å². The van der Waals surface area contributed by atoms with Gasteiger partial charge in [-0.1, -0.05) is 31.9 Å². The van der Waals surface area contributed by atoms with Crippen LogP contribution in [0, 0.1) is 5.92 Å². The fourth-order valence-corrected chi connectivity index (χ4v) is 2.07. The summed E-state index contributed by atoms with van der Waals surface area (Å²) in [4.78, 5) is 11.8. The van der Waals surface area contributed by atoms with Crippen LogP contribution < -0.4 is 4.74 Å². The summed E-state index contributed by atoms with van der Waals surface area (Å²) in [5, 5.41) is 7.64. The van der Waals surface area contributed by atoms with Gasteiger partial charge in [-0.05, 0) is 30.2 Å². The summed E-state index contributed by atoms with van der Waals surface area (Å²) in [6.45, 7) is 4.18. The molecular formula is C15H19N3O2. The molecule has 0 bridgehead atoms. The number of ether oxygens (including phenoxy) is 1. The molecule has 0 amide bonds. The molecule has 0 aliphatic carbocycles. The van der Waals surface area contributed by atoms with Gasteiger partial charge in [0.2, 0.25) is 0 Å². The van der Waals surface area contributed by atoms with Crippen LogP contribution >= 0.6 is 0 Å². The Morgan fingerprint density at radius 1 is 1.35 bits per heavy atom. The number of aromatic nitrogens is 3. The predicted molar refractivity (Wildman–Crippen MR) is 75.7 cm³/mol. The summed E-state index contributed by atoms with van der Waals surface area (Å²) in [6, 6.07) is 7.21. The third kappa shape index (κ3) is 3.91. The normalized spacial score (nSPS) is 12.1. The Morgan fingerprint density at radius 3 is 2.70 bits per heavy atom. The summed E-state index contributed by atoms with van der Waals surface area (Å²) in [5.74, 6) is 0.740. The first-order valence-corrected chi connectivity index (χ1v) is 6.86. The van der Waals surface area contributed by atoms with Crippen molar-refractivity contribution < 1.29 is 9.53 Å². The van der Waals surface area contributed by atoms with Crippen LogP contribution in [0.25, 0.3) is 5.69 Å². The van der Waals surface area contributed by atoms with Crippen molar-refractivity contribution in [3.05, 3.63) is 36.7 Å². The Balaban J connectivity index is 1.92. The molecule has 5 heteroatoms. The number of carbonyl (C=O) groups is 1. The monoisotopic (exact) mass is 273 g/mol. The Hall–Kier alpha value is -2.17. The summed E-state index contributed by atoms with van der Waals surface area (Å²) in [7, 11) is 0. The molecule has 0 aliphatic heterocycles. The maximum atomic E-state index is 11.8. The number of benzene rings is 1. The van der Waals surface area contributed by atoms with E-state index in [0.29, 0.717) is 18.1 Å². The van der Waals surface area contributed by atoms with E-state index in [-0.39, 0.29) is 5.97 Å². The zero-order chi connectivity index (χ0) is 14.4. The molecule has 2 aromatic rings. The van der Waals surface area contributed by atoms with E-state index < -0.39 is 0 Å². The van der Waals surface area contributed by atoms with Crippen molar-refractivity contribution in [1.82, 2.24) is 15.0 Å². The molecule has 0 N–H and O–H groups in total. The highest BCUT2D eigenvalue weighted by atomic mass is 16.5. The van der Waals surface area contributed by atoms with E-state index in [1.165, 1.54) is 0 Å². The highest BCUT2D eigenvalue weighted by molar-refractivity contribution is 5.72. The van der Waals surface area contributed by atoms with E-state index in [0.717, 1.165) is 18.5 Å². The topological polar surface area (TPSA) is 57.0 Å².